The maximum Gasteiger partial charge on any atom is 0.243 e. The molecule has 1 fully saturated rings. The van der Waals surface area contributed by atoms with Crippen molar-refractivity contribution in [1.29, 1.82) is 0 Å². The average Bonchev–Trinajstić information content (AvgIpc) is 2.71. The third-order valence-corrected chi connectivity index (χ3v) is 6.11. The van der Waals surface area contributed by atoms with Gasteiger partial charge in [-0.15, -0.1) is 11.8 Å². The molecule has 94 valence electrons. The molecule has 0 saturated carbocycles. The van der Waals surface area contributed by atoms with E-state index < -0.39 is 20.5 Å². The first-order valence-corrected chi connectivity index (χ1v) is 7.52. The van der Waals surface area contributed by atoms with Gasteiger partial charge < -0.3 is 4.90 Å². The van der Waals surface area contributed by atoms with Crippen LogP contribution in [0.1, 0.15) is 0 Å². The van der Waals surface area contributed by atoms with Gasteiger partial charge in [0, 0.05) is 27.3 Å². The fraction of sp³-hybridized carbons (Fsp3) is 0.500. The molecule has 2 aliphatic rings. The van der Waals surface area contributed by atoms with Gasteiger partial charge in [-0.1, -0.05) is 6.08 Å². The van der Waals surface area contributed by atoms with Gasteiger partial charge in [0.2, 0.25) is 10.0 Å². The van der Waals surface area contributed by atoms with E-state index in [0.717, 1.165) is 4.31 Å². The summed E-state index contributed by atoms with van der Waals surface area (Å²) in [5, 5.41) is 0.448. The van der Waals surface area contributed by atoms with Crippen molar-refractivity contribution in [1.82, 2.24) is 9.21 Å². The van der Waals surface area contributed by atoms with Crippen molar-refractivity contribution in [2.75, 3.05) is 21.1 Å². The number of allylic oxidation sites excluding steroid dienone is 1. The third-order valence-electron chi connectivity index (χ3n) is 2.75. The molecule has 17 heavy (non-hydrogen) atoms. The highest BCUT2D eigenvalue weighted by molar-refractivity contribution is 8.05. The van der Waals surface area contributed by atoms with Crippen LogP contribution in [0, 0.1) is 0 Å². The predicted molar refractivity (Wildman–Crippen MR) is 67.8 cm³/mol. The number of rotatable bonds is 1. The minimum absolute atomic E-state index is 0.129. The Morgan fingerprint density at radius 1 is 1.47 bits per heavy atom. The Morgan fingerprint density at radius 3 is 2.71 bits per heavy atom. The zero-order chi connectivity index (χ0) is 12.8. The molecule has 7 heteroatoms. The van der Waals surface area contributed by atoms with E-state index in [1.54, 1.807) is 36.7 Å². The van der Waals surface area contributed by atoms with Crippen LogP contribution in [0.4, 0.5) is 0 Å². The van der Waals surface area contributed by atoms with Crippen molar-refractivity contribution in [2.45, 2.75) is 10.5 Å². The molecule has 0 amide bonds. The minimum atomic E-state index is -3.46. The largest absolute Gasteiger partial charge is 0.382 e. The highest BCUT2D eigenvalue weighted by atomic mass is 32.2. The number of ketones is 1. The van der Waals surface area contributed by atoms with Gasteiger partial charge in [-0.05, 0) is 5.41 Å². The molecule has 0 aliphatic carbocycles. The maximum absolute atomic E-state index is 12.2. The molecule has 0 bridgehead atoms. The number of nitrogens with zero attached hydrogens (tertiary/aromatic N) is 2. The first-order chi connectivity index (χ1) is 7.85. The summed E-state index contributed by atoms with van der Waals surface area (Å²) >= 11 is 1.27. The molecule has 0 radical (unpaired) electrons. The molecule has 5 nitrogen and oxygen atoms in total. The quantitative estimate of drug-likeness (QED) is 0.641. The van der Waals surface area contributed by atoms with Crippen molar-refractivity contribution < 1.29 is 13.2 Å². The average molecular weight is 274 g/mol. The highest BCUT2D eigenvalue weighted by Crippen LogP contribution is 2.38. The molecule has 2 heterocycles. The molecule has 0 spiro atoms. The fourth-order valence-electron chi connectivity index (χ4n) is 1.86. The summed E-state index contributed by atoms with van der Waals surface area (Å²) in [5.41, 5.74) is 0.229. The summed E-state index contributed by atoms with van der Waals surface area (Å²) in [5.74, 6) is -0.129. The van der Waals surface area contributed by atoms with Crippen LogP contribution < -0.4 is 0 Å². The monoisotopic (exact) mass is 274 g/mol. The first kappa shape index (κ1) is 12.5. The standard InChI is InChI=1S/C10H14N2O3S2/c1-11(2)6-7-9(13)10-8(4-5-16-10)17(14,15)12(7)3/h4-6,8,10H,1-3H3/b7-6+/t8-,10+/m1/s1. The number of carbonyl (C=O) groups excluding carboxylic acids is 1. The number of thioether (sulfide) groups is 1. The van der Waals surface area contributed by atoms with Crippen molar-refractivity contribution in [3.8, 4) is 0 Å². The predicted octanol–water partition coefficient (Wildman–Crippen LogP) is 0.231. The van der Waals surface area contributed by atoms with E-state index >= 15 is 0 Å². The van der Waals surface area contributed by atoms with E-state index in [0.29, 0.717) is 0 Å². The van der Waals surface area contributed by atoms with Crippen molar-refractivity contribution in [2.24, 2.45) is 0 Å². The van der Waals surface area contributed by atoms with Crippen molar-refractivity contribution in [3.05, 3.63) is 23.4 Å². The van der Waals surface area contributed by atoms with Gasteiger partial charge in [0.05, 0.1) is 5.25 Å². The van der Waals surface area contributed by atoms with E-state index in [-0.39, 0.29) is 11.5 Å². The highest BCUT2D eigenvalue weighted by Gasteiger charge is 2.49. The van der Waals surface area contributed by atoms with Crippen LogP contribution in [-0.2, 0) is 14.8 Å². The summed E-state index contributed by atoms with van der Waals surface area (Å²) in [6.45, 7) is 0. The number of hydrogen-bond acceptors (Lipinski definition) is 5. The Hall–Kier alpha value is -0.950. The lowest BCUT2D eigenvalue weighted by molar-refractivity contribution is -0.116. The van der Waals surface area contributed by atoms with Crippen LogP contribution in [0.3, 0.4) is 0 Å². The lowest BCUT2D eigenvalue weighted by Gasteiger charge is -2.33. The smallest absolute Gasteiger partial charge is 0.243 e. The van der Waals surface area contributed by atoms with E-state index in [4.69, 9.17) is 0 Å². The molecule has 0 unspecified atom stereocenters. The number of sulfonamides is 1. The van der Waals surface area contributed by atoms with Gasteiger partial charge in [0.25, 0.3) is 0 Å². The van der Waals surface area contributed by atoms with E-state index in [1.807, 2.05) is 0 Å². The summed E-state index contributed by atoms with van der Waals surface area (Å²) in [6.07, 6.45) is 3.14. The lowest BCUT2D eigenvalue weighted by atomic mass is 10.1. The molecule has 0 aromatic heterocycles. The van der Waals surface area contributed by atoms with Crippen LogP contribution in [-0.4, -0.2) is 55.0 Å². The number of Topliss-reactive ketones (excluding diaryl/α,β-unsaturated/α-hetero) is 1. The molecule has 2 rings (SSSR count). The van der Waals surface area contributed by atoms with Crippen LogP contribution in [0.2, 0.25) is 0 Å². The number of hydrogen-bond donors (Lipinski definition) is 0. The topological polar surface area (TPSA) is 57.7 Å². The lowest BCUT2D eigenvalue weighted by Crippen LogP contribution is -2.50. The molecule has 2 atom stereocenters. The first-order valence-electron chi connectivity index (χ1n) is 5.08. The number of carbonyl (C=O) groups is 1. The molecule has 1 saturated heterocycles. The van der Waals surface area contributed by atoms with Crippen LogP contribution in [0.5, 0.6) is 0 Å². The zero-order valence-corrected chi connectivity index (χ0v) is 11.5. The second-order valence-electron chi connectivity index (χ2n) is 4.20. The van der Waals surface area contributed by atoms with Gasteiger partial charge in [-0.3, -0.25) is 9.10 Å². The van der Waals surface area contributed by atoms with Crippen molar-refractivity contribution in [3.63, 3.8) is 0 Å². The van der Waals surface area contributed by atoms with Gasteiger partial charge >= 0.3 is 0 Å². The van der Waals surface area contributed by atoms with E-state index in [2.05, 4.69) is 0 Å². The molecular weight excluding hydrogens is 260 g/mol. The minimum Gasteiger partial charge on any atom is -0.382 e. The normalized spacial score (nSPS) is 33.0. The molecular formula is C10H14N2O3S2. The summed E-state index contributed by atoms with van der Waals surface area (Å²) in [7, 11) is 1.48. The Balaban J connectivity index is 2.50. The van der Waals surface area contributed by atoms with E-state index in [9.17, 15) is 13.2 Å². The second-order valence-corrected chi connectivity index (χ2v) is 7.38. The zero-order valence-electron chi connectivity index (χ0n) is 9.82. The van der Waals surface area contributed by atoms with Crippen LogP contribution in [0.15, 0.2) is 23.4 Å². The van der Waals surface area contributed by atoms with Crippen LogP contribution >= 0.6 is 11.8 Å². The van der Waals surface area contributed by atoms with Gasteiger partial charge in [0.1, 0.15) is 10.9 Å². The van der Waals surface area contributed by atoms with Gasteiger partial charge in [0.15, 0.2) is 5.78 Å². The Labute approximate surface area is 105 Å². The molecule has 2 aliphatic heterocycles. The summed E-state index contributed by atoms with van der Waals surface area (Å²) < 4.78 is 25.5. The van der Waals surface area contributed by atoms with Crippen LogP contribution in [0.25, 0.3) is 0 Å². The number of fused-ring (bicyclic) bond motifs is 1. The Kier molecular flexibility index (Phi) is 2.99. The SMILES string of the molecule is CN(C)/C=C1\C(=O)[C@H]2SC=C[C@H]2S(=O)(=O)N1C. The molecule has 0 aromatic rings. The Morgan fingerprint density at radius 2 is 2.12 bits per heavy atom. The summed E-state index contributed by atoms with van der Waals surface area (Å²) in [6, 6.07) is 0. The Bertz CT molecular complexity index is 508. The summed E-state index contributed by atoms with van der Waals surface area (Å²) in [4.78, 5) is 13.9. The van der Waals surface area contributed by atoms with Gasteiger partial charge in [-0.25, -0.2) is 8.42 Å². The molecule has 0 N–H and O–H groups in total. The van der Waals surface area contributed by atoms with E-state index in [1.165, 1.54) is 18.8 Å². The second kappa shape index (κ2) is 4.06. The maximum atomic E-state index is 12.2. The fourth-order valence-corrected chi connectivity index (χ4v) is 4.98. The van der Waals surface area contributed by atoms with Gasteiger partial charge in [-0.2, -0.15) is 0 Å². The van der Waals surface area contributed by atoms with Crippen molar-refractivity contribution >= 4 is 27.6 Å². The third kappa shape index (κ3) is 1.87. The number of likely N-dealkylation sites (N-methyl/N-ethyl adjacent to an activating group) is 1. The molecule has 0 aromatic carbocycles.